The van der Waals surface area contributed by atoms with Crippen molar-refractivity contribution in [1.82, 2.24) is 9.97 Å². The zero-order valence-corrected chi connectivity index (χ0v) is 10.3. The van der Waals surface area contributed by atoms with Crippen LogP contribution in [0.4, 0.5) is 5.82 Å². The molecule has 1 fully saturated rings. The Morgan fingerprint density at radius 1 is 1.53 bits per heavy atom. The largest absolute Gasteiger partial charge is 0.476 e. The minimum atomic E-state index is -0.253. The molecule has 0 aliphatic carbocycles. The highest BCUT2D eigenvalue weighted by molar-refractivity contribution is 5.39. The summed E-state index contributed by atoms with van der Waals surface area (Å²) in [4.78, 5) is 10.5. The lowest BCUT2D eigenvalue weighted by Crippen LogP contribution is -2.22. The van der Waals surface area contributed by atoms with Crippen LogP contribution < -0.4 is 9.64 Å². The van der Waals surface area contributed by atoms with E-state index in [1.807, 2.05) is 4.90 Å². The van der Waals surface area contributed by atoms with Crippen molar-refractivity contribution < 1.29 is 9.84 Å². The first kappa shape index (κ1) is 12.1. The summed E-state index contributed by atoms with van der Waals surface area (Å²) in [5, 5.41) is 9.49. The van der Waals surface area contributed by atoms with Crippen LogP contribution in [0.15, 0.2) is 12.4 Å². The van der Waals surface area contributed by atoms with Gasteiger partial charge in [-0.3, -0.25) is 4.98 Å². The van der Waals surface area contributed by atoms with Gasteiger partial charge in [-0.05, 0) is 12.3 Å². The maximum atomic E-state index is 9.49. The van der Waals surface area contributed by atoms with Crippen LogP contribution >= 0.6 is 0 Å². The molecule has 0 unspecified atom stereocenters. The number of hydrogen-bond acceptors (Lipinski definition) is 5. The van der Waals surface area contributed by atoms with Crippen LogP contribution in [0, 0.1) is 5.92 Å². The Balaban J connectivity index is 2.01. The molecule has 17 heavy (non-hydrogen) atoms. The van der Waals surface area contributed by atoms with E-state index in [0.717, 1.165) is 18.8 Å². The predicted octanol–water partition coefficient (Wildman–Crippen LogP) is 1.08. The van der Waals surface area contributed by atoms with Gasteiger partial charge in [0.15, 0.2) is 5.82 Å². The van der Waals surface area contributed by atoms with Gasteiger partial charge in [-0.2, -0.15) is 4.98 Å². The number of anilines is 1. The van der Waals surface area contributed by atoms with E-state index in [-0.39, 0.29) is 6.10 Å². The van der Waals surface area contributed by atoms with Gasteiger partial charge in [0.05, 0.1) is 25.1 Å². The molecule has 0 aromatic carbocycles. The summed E-state index contributed by atoms with van der Waals surface area (Å²) in [6.07, 6.45) is 3.87. The fraction of sp³-hybridized carbons (Fsp3) is 0.667. The lowest BCUT2D eigenvalue weighted by atomic mass is 10.2. The standard InChI is InChI=1S/C12H19N3O2/c1-9(2)8-17-12-6-13-5-11(14-12)15-4-3-10(16)7-15/h5-6,9-10,16H,3-4,7-8H2,1-2H3/t10-/m0/s1. The molecule has 1 saturated heterocycles. The predicted molar refractivity (Wildman–Crippen MR) is 65.2 cm³/mol. The van der Waals surface area contributed by atoms with E-state index in [9.17, 15) is 5.11 Å². The van der Waals surface area contributed by atoms with Gasteiger partial charge in [-0.25, -0.2) is 0 Å². The van der Waals surface area contributed by atoms with Crippen LogP contribution in [0.5, 0.6) is 5.88 Å². The Morgan fingerprint density at radius 2 is 2.35 bits per heavy atom. The Hall–Kier alpha value is -1.36. The Morgan fingerprint density at radius 3 is 3.00 bits per heavy atom. The molecule has 1 aromatic rings. The molecular formula is C12H19N3O2. The monoisotopic (exact) mass is 237 g/mol. The Kier molecular flexibility index (Phi) is 3.78. The van der Waals surface area contributed by atoms with Crippen molar-refractivity contribution >= 4 is 5.82 Å². The third-order valence-electron chi connectivity index (χ3n) is 2.65. The number of aromatic nitrogens is 2. The van der Waals surface area contributed by atoms with Gasteiger partial charge in [0.1, 0.15) is 0 Å². The van der Waals surface area contributed by atoms with Gasteiger partial charge in [0, 0.05) is 13.1 Å². The first-order valence-electron chi connectivity index (χ1n) is 6.03. The second-order valence-corrected chi connectivity index (χ2v) is 4.81. The number of aliphatic hydroxyl groups is 1. The fourth-order valence-corrected chi connectivity index (χ4v) is 1.76. The second-order valence-electron chi connectivity index (χ2n) is 4.81. The topological polar surface area (TPSA) is 58.5 Å². The maximum absolute atomic E-state index is 9.49. The second kappa shape index (κ2) is 5.31. The van der Waals surface area contributed by atoms with E-state index >= 15 is 0 Å². The van der Waals surface area contributed by atoms with Crippen LogP contribution in [-0.2, 0) is 0 Å². The van der Waals surface area contributed by atoms with Gasteiger partial charge in [0.25, 0.3) is 0 Å². The lowest BCUT2D eigenvalue weighted by molar-refractivity contribution is 0.198. The van der Waals surface area contributed by atoms with Crippen molar-refractivity contribution in [3.05, 3.63) is 12.4 Å². The Bertz CT molecular complexity index is 371. The molecule has 1 aromatic heterocycles. The minimum Gasteiger partial charge on any atom is -0.476 e. The molecule has 0 spiro atoms. The zero-order valence-electron chi connectivity index (χ0n) is 10.3. The molecule has 94 valence electrons. The van der Waals surface area contributed by atoms with E-state index in [4.69, 9.17) is 4.74 Å². The van der Waals surface area contributed by atoms with Crippen molar-refractivity contribution in [3.8, 4) is 5.88 Å². The minimum absolute atomic E-state index is 0.253. The van der Waals surface area contributed by atoms with Crippen LogP contribution in [0.25, 0.3) is 0 Å². The average Bonchev–Trinajstić information content (AvgIpc) is 2.74. The quantitative estimate of drug-likeness (QED) is 0.849. The highest BCUT2D eigenvalue weighted by Crippen LogP contribution is 2.19. The molecule has 0 amide bonds. The van der Waals surface area contributed by atoms with Crippen molar-refractivity contribution in [2.24, 2.45) is 5.92 Å². The molecule has 2 rings (SSSR count). The third kappa shape index (κ3) is 3.30. The Labute approximate surface area is 101 Å². The van der Waals surface area contributed by atoms with Crippen molar-refractivity contribution in [1.29, 1.82) is 0 Å². The lowest BCUT2D eigenvalue weighted by Gasteiger charge is -2.16. The normalized spacial score (nSPS) is 20.0. The third-order valence-corrected chi connectivity index (χ3v) is 2.65. The van der Waals surface area contributed by atoms with Crippen LogP contribution in [0.2, 0.25) is 0 Å². The van der Waals surface area contributed by atoms with Gasteiger partial charge >= 0.3 is 0 Å². The highest BCUT2D eigenvalue weighted by Gasteiger charge is 2.21. The number of aliphatic hydroxyl groups excluding tert-OH is 1. The molecule has 0 radical (unpaired) electrons. The molecule has 5 nitrogen and oxygen atoms in total. The summed E-state index contributed by atoms with van der Waals surface area (Å²) in [7, 11) is 0. The first-order valence-corrected chi connectivity index (χ1v) is 6.03. The van der Waals surface area contributed by atoms with E-state index in [1.54, 1.807) is 12.4 Å². The number of hydrogen-bond donors (Lipinski definition) is 1. The molecule has 2 heterocycles. The van der Waals surface area contributed by atoms with Gasteiger partial charge in [-0.15, -0.1) is 0 Å². The SMILES string of the molecule is CC(C)COc1cncc(N2CC[C@H](O)C2)n1. The zero-order chi connectivity index (χ0) is 12.3. The summed E-state index contributed by atoms with van der Waals surface area (Å²) in [6.45, 7) is 6.27. The number of ether oxygens (including phenoxy) is 1. The molecule has 0 saturated carbocycles. The number of nitrogens with zero attached hydrogens (tertiary/aromatic N) is 3. The number of β-amino-alcohol motifs (C(OH)–C–C–N with tert-alkyl or cyclic N) is 1. The fourth-order valence-electron chi connectivity index (χ4n) is 1.76. The summed E-state index contributed by atoms with van der Waals surface area (Å²) in [5.74, 6) is 1.80. The highest BCUT2D eigenvalue weighted by atomic mass is 16.5. The van der Waals surface area contributed by atoms with E-state index < -0.39 is 0 Å². The van der Waals surface area contributed by atoms with Crippen LogP contribution in [0.1, 0.15) is 20.3 Å². The van der Waals surface area contributed by atoms with Crippen LogP contribution in [0.3, 0.4) is 0 Å². The molecule has 0 bridgehead atoms. The van der Waals surface area contributed by atoms with E-state index in [1.165, 1.54) is 0 Å². The van der Waals surface area contributed by atoms with Crippen molar-refractivity contribution in [2.75, 3.05) is 24.6 Å². The summed E-state index contributed by atoms with van der Waals surface area (Å²) in [6, 6.07) is 0. The first-order chi connectivity index (χ1) is 8.15. The molecule has 1 aliphatic heterocycles. The molecule has 1 aliphatic rings. The summed E-state index contributed by atoms with van der Waals surface area (Å²) < 4.78 is 5.53. The molecule has 5 heteroatoms. The van der Waals surface area contributed by atoms with Gasteiger partial charge in [-0.1, -0.05) is 13.8 Å². The smallest absolute Gasteiger partial charge is 0.234 e. The average molecular weight is 237 g/mol. The molecule has 1 atom stereocenters. The van der Waals surface area contributed by atoms with Crippen LogP contribution in [-0.4, -0.2) is 40.9 Å². The molecule has 1 N–H and O–H groups in total. The molecular weight excluding hydrogens is 218 g/mol. The van der Waals surface area contributed by atoms with Crippen molar-refractivity contribution in [3.63, 3.8) is 0 Å². The van der Waals surface area contributed by atoms with Crippen molar-refractivity contribution in [2.45, 2.75) is 26.4 Å². The maximum Gasteiger partial charge on any atom is 0.234 e. The van der Waals surface area contributed by atoms with E-state index in [0.29, 0.717) is 24.9 Å². The summed E-state index contributed by atoms with van der Waals surface area (Å²) >= 11 is 0. The van der Waals surface area contributed by atoms with Gasteiger partial charge < -0.3 is 14.7 Å². The summed E-state index contributed by atoms with van der Waals surface area (Å²) in [5.41, 5.74) is 0. The van der Waals surface area contributed by atoms with Gasteiger partial charge in [0.2, 0.25) is 5.88 Å². The van der Waals surface area contributed by atoms with E-state index in [2.05, 4.69) is 23.8 Å². The number of rotatable bonds is 4.